The molecule has 186 valence electrons. The number of halogens is 1. The Morgan fingerprint density at radius 3 is 2.38 bits per heavy atom. The average molecular weight is 498 g/mol. The maximum Gasteiger partial charge on any atom is 0.308 e. The predicted octanol–water partition coefficient (Wildman–Crippen LogP) is 5.72. The molecule has 1 aliphatic rings. The third kappa shape index (κ3) is 4.29. The molecule has 37 heavy (non-hydrogen) atoms. The Bertz CT molecular complexity index is 1590. The van der Waals surface area contributed by atoms with Crippen LogP contribution in [0.15, 0.2) is 59.0 Å². The minimum atomic E-state index is -0.831. The number of carbonyl (C=O) groups is 2. The van der Waals surface area contributed by atoms with Crippen LogP contribution in [0.3, 0.4) is 0 Å². The normalized spacial score (nSPS) is 13.6. The zero-order chi connectivity index (χ0) is 26.3. The maximum atomic E-state index is 13.5. The number of hydrogen-bond acceptors (Lipinski definition) is 4. The van der Waals surface area contributed by atoms with E-state index in [1.807, 2.05) is 19.1 Å². The molecule has 1 fully saturated rings. The van der Waals surface area contributed by atoms with Crippen LogP contribution in [0.1, 0.15) is 39.1 Å². The lowest BCUT2D eigenvalue weighted by atomic mass is 9.95. The first kappa shape index (κ1) is 24.1. The monoisotopic (exact) mass is 497 g/mol. The highest BCUT2D eigenvalue weighted by atomic mass is 19.1. The molecule has 0 saturated heterocycles. The van der Waals surface area contributed by atoms with Gasteiger partial charge in [-0.3, -0.25) is 19.8 Å². The summed E-state index contributed by atoms with van der Waals surface area (Å²) in [6, 6.07) is 14.7. The van der Waals surface area contributed by atoms with Crippen LogP contribution in [0, 0.1) is 19.3 Å². The zero-order valence-corrected chi connectivity index (χ0v) is 20.6. The number of nitrogens with zero attached hydrogens (tertiary/aromatic N) is 1. The fourth-order valence-corrected chi connectivity index (χ4v) is 4.42. The zero-order valence-electron chi connectivity index (χ0n) is 20.6. The van der Waals surface area contributed by atoms with E-state index in [4.69, 9.17) is 15.7 Å². The molecular formula is C29H24FN3O4. The summed E-state index contributed by atoms with van der Waals surface area (Å²) in [6.45, 7) is 9.28. The second-order valence-corrected chi connectivity index (χ2v) is 9.07. The number of fused-ring (bicyclic) bond motifs is 1. The number of nitrogens with one attached hydrogen (secondary N) is 2. The number of carbonyl (C=O) groups excluding carboxylic acids is 2. The molecule has 4 aromatic rings. The van der Waals surface area contributed by atoms with Gasteiger partial charge in [0.1, 0.15) is 22.9 Å². The van der Waals surface area contributed by atoms with Gasteiger partial charge in [0.25, 0.3) is 11.8 Å². The minimum absolute atomic E-state index is 0.323. The Hall–Kier alpha value is -4.64. The molecule has 3 aromatic carbocycles. The second kappa shape index (κ2) is 9.10. The summed E-state index contributed by atoms with van der Waals surface area (Å²) in [5.74, 6) is -0.348. The van der Waals surface area contributed by atoms with Crippen molar-refractivity contribution in [3.05, 3.63) is 88.5 Å². The third-order valence-corrected chi connectivity index (χ3v) is 6.63. The van der Waals surface area contributed by atoms with Crippen molar-refractivity contribution < 1.29 is 23.1 Å². The largest absolute Gasteiger partial charge is 0.496 e. The van der Waals surface area contributed by atoms with Crippen LogP contribution >= 0.6 is 0 Å². The molecule has 0 radical (unpaired) electrons. The third-order valence-electron chi connectivity index (χ3n) is 6.63. The predicted molar refractivity (Wildman–Crippen MR) is 138 cm³/mol. The van der Waals surface area contributed by atoms with Crippen molar-refractivity contribution >= 4 is 22.8 Å². The van der Waals surface area contributed by atoms with Crippen LogP contribution in [-0.2, 0) is 0 Å². The molecular weight excluding hydrogens is 473 g/mol. The number of methoxy groups -OCH3 is 1. The van der Waals surface area contributed by atoms with Crippen LogP contribution in [0.5, 0.6) is 5.75 Å². The van der Waals surface area contributed by atoms with E-state index < -0.39 is 5.66 Å². The van der Waals surface area contributed by atoms with Gasteiger partial charge in [0.05, 0.1) is 31.1 Å². The second-order valence-electron chi connectivity index (χ2n) is 9.07. The molecule has 0 atom stereocenters. The van der Waals surface area contributed by atoms with Gasteiger partial charge in [0, 0.05) is 18.0 Å². The minimum Gasteiger partial charge on any atom is -0.496 e. The summed E-state index contributed by atoms with van der Waals surface area (Å²) in [5.41, 5.74) is 3.30. The van der Waals surface area contributed by atoms with Crippen LogP contribution < -0.4 is 15.4 Å². The first-order chi connectivity index (χ1) is 17.8. The highest BCUT2D eigenvalue weighted by Gasteiger charge is 2.52. The first-order valence-electron chi connectivity index (χ1n) is 11.7. The van der Waals surface area contributed by atoms with Crippen LogP contribution in [-0.4, -0.2) is 31.6 Å². The van der Waals surface area contributed by atoms with Gasteiger partial charge in [0.15, 0.2) is 0 Å². The van der Waals surface area contributed by atoms with Crippen molar-refractivity contribution in [1.29, 1.82) is 0 Å². The summed E-state index contributed by atoms with van der Waals surface area (Å²) in [6.07, 6.45) is 1.25. The summed E-state index contributed by atoms with van der Waals surface area (Å²) in [4.78, 5) is 29.6. The van der Waals surface area contributed by atoms with Crippen molar-refractivity contribution in [3.63, 3.8) is 0 Å². The van der Waals surface area contributed by atoms with Gasteiger partial charge in [-0.25, -0.2) is 11.0 Å². The molecule has 1 saturated carbocycles. The average Bonchev–Trinajstić information content (AvgIpc) is 3.58. The number of amides is 2. The van der Waals surface area contributed by atoms with E-state index in [0.29, 0.717) is 52.0 Å². The Kier molecular flexibility index (Phi) is 5.92. The Balaban J connectivity index is 1.64. The number of ether oxygens (including phenoxy) is 1. The van der Waals surface area contributed by atoms with Crippen LogP contribution in [0.4, 0.5) is 4.39 Å². The molecule has 2 N–H and O–H groups in total. The van der Waals surface area contributed by atoms with E-state index in [1.165, 1.54) is 26.3 Å². The lowest BCUT2D eigenvalue weighted by molar-refractivity contribution is 0.0934. The number of furan rings is 1. The van der Waals surface area contributed by atoms with E-state index in [9.17, 15) is 14.0 Å². The lowest BCUT2D eigenvalue weighted by Gasteiger charge is -2.15. The van der Waals surface area contributed by atoms with E-state index in [-0.39, 0.29) is 17.6 Å². The van der Waals surface area contributed by atoms with Crippen LogP contribution in [0.2, 0.25) is 0 Å². The van der Waals surface area contributed by atoms with Crippen molar-refractivity contribution in [2.24, 2.45) is 0 Å². The quantitative estimate of drug-likeness (QED) is 0.334. The summed E-state index contributed by atoms with van der Waals surface area (Å²) >= 11 is 0. The van der Waals surface area contributed by atoms with Gasteiger partial charge in [-0.1, -0.05) is 6.07 Å². The SMILES string of the molecule is [C-]#[N+]C1(NC(=O)c2cc(-c3ccc4oc(-c5ccc(F)cc5)c(C(=O)NC)c4c3)c(C)cc2OC)CC1. The Morgan fingerprint density at radius 2 is 1.76 bits per heavy atom. The van der Waals surface area contributed by atoms with Crippen molar-refractivity contribution in [2.45, 2.75) is 25.4 Å². The fourth-order valence-electron chi connectivity index (χ4n) is 4.42. The Morgan fingerprint density at radius 1 is 1.05 bits per heavy atom. The van der Waals surface area contributed by atoms with Gasteiger partial charge in [-0.2, -0.15) is 0 Å². The van der Waals surface area contributed by atoms with Crippen molar-refractivity contribution in [3.8, 4) is 28.2 Å². The molecule has 0 bridgehead atoms. The maximum absolute atomic E-state index is 13.5. The molecule has 1 heterocycles. The van der Waals surface area contributed by atoms with Gasteiger partial charge in [-0.05, 0) is 72.1 Å². The summed E-state index contributed by atoms with van der Waals surface area (Å²) in [5, 5.41) is 6.07. The van der Waals surface area contributed by atoms with E-state index in [2.05, 4.69) is 15.5 Å². The topological polar surface area (TPSA) is 84.9 Å². The Labute approximate surface area is 213 Å². The molecule has 1 aliphatic carbocycles. The number of aryl methyl sites for hydroxylation is 1. The van der Waals surface area contributed by atoms with E-state index in [0.717, 1.165) is 16.7 Å². The molecule has 1 aromatic heterocycles. The smallest absolute Gasteiger partial charge is 0.308 e. The summed E-state index contributed by atoms with van der Waals surface area (Å²) < 4.78 is 25.0. The fraction of sp³-hybridized carbons (Fsp3) is 0.207. The number of rotatable bonds is 6. The lowest BCUT2D eigenvalue weighted by Crippen LogP contribution is -2.34. The summed E-state index contributed by atoms with van der Waals surface area (Å²) in [7, 11) is 3.03. The first-order valence-corrected chi connectivity index (χ1v) is 11.7. The van der Waals surface area contributed by atoms with Gasteiger partial charge < -0.3 is 14.5 Å². The standard InChI is InChI=1S/C29H24FN3O4/c1-16-13-24(36-4)22(27(34)33-29(32-3)11-12-29)15-20(16)18-7-10-23-21(14-18)25(28(35)31-2)26(37-23)17-5-8-19(30)9-6-17/h5-10,13-15H,11-12H2,1-2,4H3,(H,31,35)(H,33,34). The van der Waals surface area contributed by atoms with Gasteiger partial charge >= 0.3 is 5.66 Å². The van der Waals surface area contributed by atoms with Crippen molar-refractivity contribution in [1.82, 2.24) is 10.6 Å². The molecule has 5 rings (SSSR count). The van der Waals surface area contributed by atoms with E-state index >= 15 is 0 Å². The highest BCUT2D eigenvalue weighted by molar-refractivity contribution is 6.12. The van der Waals surface area contributed by atoms with Crippen molar-refractivity contribution in [2.75, 3.05) is 14.2 Å². The van der Waals surface area contributed by atoms with Gasteiger partial charge in [-0.15, -0.1) is 0 Å². The van der Waals surface area contributed by atoms with E-state index in [1.54, 1.807) is 30.3 Å². The molecule has 7 nitrogen and oxygen atoms in total. The number of benzene rings is 3. The molecule has 0 unspecified atom stereocenters. The number of hydrogen-bond donors (Lipinski definition) is 2. The van der Waals surface area contributed by atoms with Crippen LogP contribution in [0.25, 0.3) is 38.3 Å². The molecule has 8 heteroatoms. The highest BCUT2D eigenvalue weighted by Crippen LogP contribution is 2.40. The molecule has 0 spiro atoms. The van der Waals surface area contributed by atoms with Gasteiger partial charge in [0.2, 0.25) is 0 Å². The molecule has 0 aliphatic heterocycles. The molecule has 2 amide bonds.